The number of aliphatic hydroxyl groups is 1. The Kier molecular flexibility index (Phi) is 6.20. The first-order valence-corrected chi connectivity index (χ1v) is 7.79. The topological polar surface area (TPSA) is 61.6 Å². The third-order valence-corrected chi connectivity index (χ3v) is 3.98. The van der Waals surface area contributed by atoms with Crippen LogP contribution >= 0.6 is 0 Å². The Bertz CT molecular complexity index is 439. The summed E-state index contributed by atoms with van der Waals surface area (Å²) in [5.74, 6) is -0.149. The molecule has 0 aromatic carbocycles. The molecule has 0 aliphatic carbocycles. The van der Waals surface area contributed by atoms with E-state index in [1.165, 1.54) is 18.4 Å². The van der Waals surface area contributed by atoms with Crippen LogP contribution in [-0.2, 0) is 11.3 Å². The van der Waals surface area contributed by atoms with Crippen LogP contribution in [0.5, 0.6) is 0 Å². The number of rotatable bonds is 7. The molecule has 0 unspecified atom stereocenters. The van der Waals surface area contributed by atoms with E-state index in [4.69, 9.17) is 5.11 Å². The number of piperazine rings is 1. The van der Waals surface area contributed by atoms with Gasteiger partial charge in [-0.3, -0.25) is 14.4 Å². The molecule has 0 bridgehead atoms. The average Bonchev–Trinajstić information content (AvgIpc) is 2.92. The lowest BCUT2D eigenvalue weighted by molar-refractivity contribution is -0.135. The maximum Gasteiger partial charge on any atom is 0.248 e. The summed E-state index contributed by atoms with van der Waals surface area (Å²) in [7, 11) is 0. The zero-order valence-electron chi connectivity index (χ0n) is 12.9. The highest BCUT2D eigenvalue weighted by Gasteiger charge is 2.19. The third kappa shape index (κ3) is 5.13. The molecule has 2 rings (SSSR count). The molecule has 1 amide bonds. The number of nitrogens with zero attached hydrogens (tertiary/aromatic N) is 4. The van der Waals surface area contributed by atoms with Crippen LogP contribution < -0.4 is 0 Å². The number of hydrogen-bond acceptors (Lipinski definition) is 4. The van der Waals surface area contributed by atoms with Crippen molar-refractivity contribution in [2.75, 3.05) is 39.3 Å². The smallest absolute Gasteiger partial charge is 0.248 e. The lowest BCUT2D eigenvalue weighted by atomic mass is 10.2. The SMILES string of the molecule is Cc1cnn(CCCCCN2CCN(C(=O)CO)CC2)c1. The number of unbranched alkanes of at least 4 members (excludes halogenated alkanes) is 2. The molecule has 21 heavy (non-hydrogen) atoms. The summed E-state index contributed by atoms with van der Waals surface area (Å²) in [6, 6.07) is 0. The molecule has 1 aromatic rings. The maximum atomic E-state index is 11.4. The molecular weight excluding hydrogens is 268 g/mol. The van der Waals surface area contributed by atoms with Crippen LogP contribution in [0.4, 0.5) is 0 Å². The van der Waals surface area contributed by atoms with E-state index < -0.39 is 0 Å². The van der Waals surface area contributed by atoms with Crippen molar-refractivity contribution in [2.45, 2.75) is 32.7 Å². The van der Waals surface area contributed by atoms with Crippen molar-refractivity contribution in [2.24, 2.45) is 0 Å². The number of carbonyl (C=O) groups excluding carboxylic acids is 1. The first kappa shape index (κ1) is 16.0. The quantitative estimate of drug-likeness (QED) is 0.744. The van der Waals surface area contributed by atoms with Gasteiger partial charge in [-0.05, 0) is 31.9 Å². The number of amides is 1. The Hall–Kier alpha value is -1.40. The summed E-state index contributed by atoms with van der Waals surface area (Å²) < 4.78 is 2.01. The lowest BCUT2D eigenvalue weighted by Gasteiger charge is -2.34. The summed E-state index contributed by atoms with van der Waals surface area (Å²) >= 11 is 0. The minimum absolute atomic E-state index is 0.149. The summed E-state index contributed by atoms with van der Waals surface area (Å²) in [4.78, 5) is 15.5. The fraction of sp³-hybridized carbons (Fsp3) is 0.733. The van der Waals surface area contributed by atoms with Gasteiger partial charge in [-0.15, -0.1) is 0 Å². The molecule has 0 atom stereocenters. The number of aryl methyl sites for hydroxylation is 2. The van der Waals surface area contributed by atoms with E-state index in [1.54, 1.807) is 4.90 Å². The fourth-order valence-corrected chi connectivity index (χ4v) is 2.70. The summed E-state index contributed by atoms with van der Waals surface area (Å²) in [5, 5.41) is 13.1. The van der Waals surface area contributed by atoms with E-state index in [9.17, 15) is 4.79 Å². The highest BCUT2D eigenvalue weighted by Crippen LogP contribution is 2.06. The number of hydrogen-bond donors (Lipinski definition) is 1. The fourth-order valence-electron chi connectivity index (χ4n) is 2.70. The number of aromatic nitrogens is 2. The predicted octanol–water partition coefficient (Wildman–Crippen LogP) is 0.498. The Balaban J connectivity index is 1.53. The van der Waals surface area contributed by atoms with Crippen LogP contribution in [-0.4, -0.2) is 69.9 Å². The van der Waals surface area contributed by atoms with Gasteiger partial charge in [0.2, 0.25) is 5.91 Å². The molecule has 1 aliphatic rings. The van der Waals surface area contributed by atoms with Crippen molar-refractivity contribution in [1.29, 1.82) is 0 Å². The van der Waals surface area contributed by atoms with E-state index >= 15 is 0 Å². The zero-order valence-corrected chi connectivity index (χ0v) is 12.9. The molecule has 1 fully saturated rings. The highest BCUT2D eigenvalue weighted by atomic mass is 16.3. The highest BCUT2D eigenvalue weighted by molar-refractivity contribution is 5.77. The average molecular weight is 294 g/mol. The Labute approximate surface area is 126 Å². The molecule has 0 spiro atoms. The second-order valence-corrected chi connectivity index (χ2v) is 5.72. The van der Waals surface area contributed by atoms with Gasteiger partial charge in [0.25, 0.3) is 0 Å². The van der Waals surface area contributed by atoms with E-state index in [0.29, 0.717) is 0 Å². The summed E-state index contributed by atoms with van der Waals surface area (Å²) in [6.45, 7) is 7.11. The summed E-state index contributed by atoms with van der Waals surface area (Å²) in [6.07, 6.45) is 7.53. The van der Waals surface area contributed by atoms with Crippen molar-refractivity contribution in [1.82, 2.24) is 19.6 Å². The summed E-state index contributed by atoms with van der Waals surface area (Å²) in [5.41, 5.74) is 1.21. The Morgan fingerprint density at radius 3 is 2.52 bits per heavy atom. The minimum atomic E-state index is -0.368. The Morgan fingerprint density at radius 2 is 1.90 bits per heavy atom. The first-order valence-electron chi connectivity index (χ1n) is 7.79. The van der Waals surface area contributed by atoms with Crippen LogP contribution in [0.1, 0.15) is 24.8 Å². The van der Waals surface area contributed by atoms with Gasteiger partial charge in [0.15, 0.2) is 0 Å². The van der Waals surface area contributed by atoms with Crippen LogP contribution in [0.2, 0.25) is 0 Å². The van der Waals surface area contributed by atoms with Gasteiger partial charge >= 0.3 is 0 Å². The van der Waals surface area contributed by atoms with Gasteiger partial charge in [0, 0.05) is 38.9 Å². The molecule has 1 N–H and O–H groups in total. The van der Waals surface area contributed by atoms with Crippen LogP contribution in [0.25, 0.3) is 0 Å². The van der Waals surface area contributed by atoms with Gasteiger partial charge in [-0.25, -0.2) is 0 Å². The van der Waals surface area contributed by atoms with Crippen molar-refractivity contribution < 1.29 is 9.90 Å². The molecule has 0 saturated carbocycles. The van der Waals surface area contributed by atoms with Gasteiger partial charge < -0.3 is 10.0 Å². The molecule has 1 aromatic heterocycles. The molecule has 118 valence electrons. The van der Waals surface area contributed by atoms with Gasteiger partial charge in [0.1, 0.15) is 6.61 Å². The maximum absolute atomic E-state index is 11.4. The first-order chi connectivity index (χ1) is 10.2. The van der Waals surface area contributed by atoms with Crippen molar-refractivity contribution in [3.63, 3.8) is 0 Å². The monoisotopic (exact) mass is 294 g/mol. The second kappa shape index (κ2) is 8.14. The Morgan fingerprint density at radius 1 is 1.19 bits per heavy atom. The predicted molar refractivity (Wildman–Crippen MR) is 80.9 cm³/mol. The van der Waals surface area contributed by atoms with Gasteiger partial charge in [0.05, 0.1) is 6.20 Å². The molecule has 2 heterocycles. The molecule has 6 heteroatoms. The zero-order chi connectivity index (χ0) is 15.1. The van der Waals surface area contributed by atoms with E-state index in [-0.39, 0.29) is 12.5 Å². The van der Waals surface area contributed by atoms with Crippen LogP contribution in [0.3, 0.4) is 0 Å². The number of carbonyl (C=O) groups is 1. The molecule has 0 radical (unpaired) electrons. The van der Waals surface area contributed by atoms with Crippen LogP contribution in [0, 0.1) is 6.92 Å². The van der Waals surface area contributed by atoms with Gasteiger partial charge in [-0.2, -0.15) is 5.10 Å². The van der Waals surface area contributed by atoms with E-state index in [2.05, 4.69) is 23.1 Å². The third-order valence-electron chi connectivity index (χ3n) is 3.98. The van der Waals surface area contributed by atoms with Gasteiger partial charge in [-0.1, -0.05) is 6.42 Å². The van der Waals surface area contributed by atoms with Crippen molar-refractivity contribution in [3.05, 3.63) is 18.0 Å². The second-order valence-electron chi connectivity index (χ2n) is 5.72. The minimum Gasteiger partial charge on any atom is -0.387 e. The van der Waals surface area contributed by atoms with Crippen LogP contribution in [0.15, 0.2) is 12.4 Å². The normalized spacial score (nSPS) is 16.4. The largest absolute Gasteiger partial charge is 0.387 e. The standard InChI is InChI=1S/C15H26N4O2/c1-14-11-16-19(12-14)6-4-2-3-5-17-7-9-18(10-8-17)15(21)13-20/h11-12,20H,2-10,13H2,1H3. The number of aliphatic hydroxyl groups excluding tert-OH is 1. The van der Waals surface area contributed by atoms with E-state index in [0.717, 1.165) is 45.7 Å². The van der Waals surface area contributed by atoms with Crippen molar-refractivity contribution >= 4 is 5.91 Å². The van der Waals surface area contributed by atoms with Crippen molar-refractivity contribution in [3.8, 4) is 0 Å². The molecular formula is C15H26N4O2. The molecule has 6 nitrogen and oxygen atoms in total. The molecule has 1 saturated heterocycles. The lowest BCUT2D eigenvalue weighted by Crippen LogP contribution is -2.49. The molecule has 1 aliphatic heterocycles. The van der Waals surface area contributed by atoms with E-state index in [1.807, 2.05) is 10.9 Å².